The number of fused-ring (bicyclic) bond motifs is 1. The predicted molar refractivity (Wildman–Crippen MR) is 97.6 cm³/mol. The number of hydrogen-bond acceptors (Lipinski definition) is 3. The molecule has 1 fully saturated rings. The van der Waals surface area contributed by atoms with Gasteiger partial charge in [0, 0.05) is 55.4 Å². The Morgan fingerprint density at radius 1 is 1.11 bits per heavy atom. The molecule has 8 heteroatoms. The molecule has 1 aliphatic rings. The van der Waals surface area contributed by atoms with Crippen LogP contribution in [0.25, 0.3) is 10.9 Å². The number of carbonyl (C=O) groups excluding carboxylic acids is 2. The number of halogens is 1. The van der Waals surface area contributed by atoms with Crippen molar-refractivity contribution in [2.45, 2.75) is 12.8 Å². The largest absolute Gasteiger partial charge is 0.351 e. The lowest BCUT2D eigenvalue weighted by molar-refractivity contribution is -0.132. The molecule has 1 saturated heterocycles. The Labute approximate surface area is 155 Å². The van der Waals surface area contributed by atoms with Gasteiger partial charge in [-0.05, 0) is 30.7 Å². The van der Waals surface area contributed by atoms with E-state index in [4.69, 9.17) is 0 Å². The molecule has 3 heterocycles. The van der Waals surface area contributed by atoms with Crippen LogP contribution in [0.1, 0.15) is 22.6 Å². The minimum Gasteiger partial charge on any atom is -0.351 e. The SMILES string of the molecule is O=C(CCc1cnc[nH]1)N1CCN(C(=O)c2cc3cc(F)ccc3[nH]2)CC1. The van der Waals surface area contributed by atoms with Gasteiger partial charge in [0.2, 0.25) is 5.91 Å². The minimum absolute atomic E-state index is 0.0813. The van der Waals surface area contributed by atoms with E-state index in [0.717, 1.165) is 11.2 Å². The number of imidazole rings is 1. The van der Waals surface area contributed by atoms with Crippen LogP contribution in [0.5, 0.6) is 0 Å². The average Bonchev–Trinajstić information content (AvgIpc) is 3.35. The lowest BCUT2D eigenvalue weighted by Crippen LogP contribution is -2.50. The first-order valence-corrected chi connectivity index (χ1v) is 8.93. The van der Waals surface area contributed by atoms with E-state index in [9.17, 15) is 14.0 Å². The first-order chi connectivity index (χ1) is 13.1. The van der Waals surface area contributed by atoms with Gasteiger partial charge in [-0.3, -0.25) is 9.59 Å². The molecule has 1 aromatic carbocycles. The van der Waals surface area contributed by atoms with E-state index < -0.39 is 0 Å². The summed E-state index contributed by atoms with van der Waals surface area (Å²) in [6.45, 7) is 2.00. The maximum atomic E-state index is 13.3. The number of carbonyl (C=O) groups is 2. The van der Waals surface area contributed by atoms with Crippen LogP contribution >= 0.6 is 0 Å². The lowest BCUT2D eigenvalue weighted by Gasteiger charge is -2.34. The first kappa shape index (κ1) is 17.3. The molecule has 7 nitrogen and oxygen atoms in total. The number of aromatic amines is 2. The zero-order valence-corrected chi connectivity index (χ0v) is 14.7. The molecule has 0 aliphatic carbocycles. The second kappa shape index (κ2) is 7.22. The molecule has 1 aliphatic heterocycles. The number of piperazine rings is 1. The summed E-state index contributed by atoms with van der Waals surface area (Å²) in [6.07, 6.45) is 4.37. The van der Waals surface area contributed by atoms with Gasteiger partial charge in [-0.1, -0.05) is 0 Å². The molecule has 0 radical (unpaired) electrons. The van der Waals surface area contributed by atoms with E-state index in [0.29, 0.717) is 50.1 Å². The third kappa shape index (κ3) is 3.69. The van der Waals surface area contributed by atoms with Gasteiger partial charge in [0.25, 0.3) is 5.91 Å². The van der Waals surface area contributed by atoms with Crippen LogP contribution < -0.4 is 0 Å². The van der Waals surface area contributed by atoms with Crippen LogP contribution in [0.3, 0.4) is 0 Å². The van der Waals surface area contributed by atoms with Gasteiger partial charge in [0.1, 0.15) is 11.5 Å². The highest BCUT2D eigenvalue weighted by atomic mass is 19.1. The fourth-order valence-electron chi connectivity index (χ4n) is 3.37. The molecule has 0 atom stereocenters. The quantitative estimate of drug-likeness (QED) is 0.737. The molecule has 0 spiro atoms. The van der Waals surface area contributed by atoms with Gasteiger partial charge in [-0.25, -0.2) is 9.37 Å². The summed E-state index contributed by atoms with van der Waals surface area (Å²) < 4.78 is 13.3. The zero-order valence-electron chi connectivity index (χ0n) is 14.7. The second-order valence-corrected chi connectivity index (χ2v) is 6.66. The van der Waals surface area contributed by atoms with Crippen molar-refractivity contribution >= 4 is 22.7 Å². The van der Waals surface area contributed by atoms with Crippen LogP contribution in [0.4, 0.5) is 4.39 Å². The van der Waals surface area contributed by atoms with E-state index in [-0.39, 0.29) is 17.6 Å². The molecule has 27 heavy (non-hydrogen) atoms. The van der Waals surface area contributed by atoms with E-state index in [1.807, 2.05) is 0 Å². The lowest BCUT2D eigenvalue weighted by atomic mass is 10.2. The normalized spacial score (nSPS) is 14.7. The predicted octanol–water partition coefficient (Wildman–Crippen LogP) is 1.95. The Morgan fingerprint density at radius 2 is 1.89 bits per heavy atom. The Bertz CT molecular complexity index is 958. The number of nitrogens with one attached hydrogen (secondary N) is 2. The van der Waals surface area contributed by atoms with Gasteiger partial charge in [0.05, 0.1) is 6.33 Å². The molecule has 4 rings (SSSR count). The van der Waals surface area contributed by atoms with Crippen molar-refractivity contribution in [3.63, 3.8) is 0 Å². The number of H-pyrrole nitrogens is 2. The van der Waals surface area contributed by atoms with Gasteiger partial charge in [0.15, 0.2) is 0 Å². The number of rotatable bonds is 4. The maximum absolute atomic E-state index is 13.3. The summed E-state index contributed by atoms with van der Waals surface area (Å²) in [4.78, 5) is 38.5. The highest BCUT2D eigenvalue weighted by molar-refractivity contribution is 5.98. The molecule has 0 saturated carbocycles. The highest BCUT2D eigenvalue weighted by Gasteiger charge is 2.25. The summed E-state index contributed by atoms with van der Waals surface area (Å²) >= 11 is 0. The minimum atomic E-state index is -0.331. The smallest absolute Gasteiger partial charge is 0.270 e. The van der Waals surface area contributed by atoms with Crippen molar-refractivity contribution in [3.05, 3.63) is 54.0 Å². The molecule has 140 valence electrons. The summed E-state index contributed by atoms with van der Waals surface area (Å²) in [5, 5.41) is 0.672. The van der Waals surface area contributed by atoms with Gasteiger partial charge < -0.3 is 19.8 Å². The van der Waals surface area contributed by atoms with Crippen LogP contribution in [-0.2, 0) is 11.2 Å². The third-order valence-corrected chi connectivity index (χ3v) is 4.90. The topological polar surface area (TPSA) is 85.1 Å². The summed E-state index contributed by atoms with van der Waals surface area (Å²) in [7, 11) is 0. The first-order valence-electron chi connectivity index (χ1n) is 8.93. The molecule has 2 N–H and O–H groups in total. The monoisotopic (exact) mass is 369 g/mol. The van der Waals surface area contributed by atoms with E-state index in [1.54, 1.807) is 34.5 Å². The maximum Gasteiger partial charge on any atom is 0.270 e. The molecular formula is C19H20FN5O2. The molecule has 3 aromatic rings. The number of hydrogen-bond donors (Lipinski definition) is 2. The fourth-order valence-corrected chi connectivity index (χ4v) is 3.37. The van der Waals surface area contributed by atoms with Gasteiger partial charge >= 0.3 is 0 Å². The summed E-state index contributed by atoms with van der Waals surface area (Å²) in [5.41, 5.74) is 2.11. The summed E-state index contributed by atoms with van der Waals surface area (Å²) in [6, 6.07) is 6.06. The third-order valence-electron chi connectivity index (χ3n) is 4.90. The van der Waals surface area contributed by atoms with Crippen molar-refractivity contribution in [1.29, 1.82) is 0 Å². The molecular weight excluding hydrogens is 349 g/mol. The van der Waals surface area contributed by atoms with Crippen molar-refractivity contribution in [2.75, 3.05) is 26.2 Å². The van der Waals surface area contributed by atoms with Crippen LogP contribution in [0.2, 0.25) is 0 Å². The van der Waals surface area contributed by atoms with Crippen LogP contribution in [0, 0.1) is 5.82 Å². The summed E-state index contributed by atoms with van der Waals surface area (Å²) in [5.74, 6) is -0.378. The highest BCUT2D eigenvalue weighted by Crippen LogP contribution is 2.18. The Balaban J connectivity index is 1.33. The van der Waals surface area contributed by atoms with Crippen LogP contribution in [0.15, 0.2) is 36.8 Å². The number of aromatic nitrogens is 3. The van der Waals surface area contributed by atoms with Gasteiger partial charge in [-0.2, -0.15) is 0 Å². The van der Waals surface area contributed by atoms with Gasteiger partial charge in [-0.15, -0.1) is 0 Å². The van der Waals surface area contributed by atoms with Crippen molar-refractivity contribution in [2.24, 2.45) is 0 Å². The Kier molecular flexibility index (Phi) is 4.62. The van der Waals surface area contributed by atoms with Crippen molar-refractivity contribution in [1.82, 2.24) is 24.8 Å². The van der Waals surface area contributed by atoms with E-state index in [1.165, 1.54) is 12.1 Å². The Morgan fingerprint density at radius 3 is 2.63 bits per heavy atom. The van der Waals surface area contributed by atoms with Crippen molar-refractivity contribution < 1.29 is 14.0 Å². The molecule has 2 amide bonds. The molecule has 2 aromatic heterocycles. The number of amides is 2. The molecule has 0 bridgehead atoms. The van der Waals surface area contributed by atoms with Crippen molar-refractivity contribution in [3.8, 4) is 0 Å². The number of benzene rings is 1. The number of nitrogens with zero attached hydrogens (tertiary/aromatic N) is 3. The van der Waals surface area contributed by atoms with E-state index >= 15 is 0 Å². The standard InChI is InChI=1S/C19H20FN5O2/c20-14-1-3-16-13(9-14)10-17(23-16)19(27)25-7-5-24(6-8-25)18(26)4-2-15-11-21-12-22-15/h1,3,9-12,23H,2,4-8H2,(H,21,22). The van der Waals surface area contributed by atoms with Crippen LogP contribution in [-0.4, -0.2) is 62.7 Å². The fraction of sp³-hybridized carbons (Fsp3) is 0.316. The molecule has 0 unspecified atom stereocenters. The number of aryl methyl sites for hydroxylation is 1. The average molecular weight is 369 g/mol. The second-order valence-electron chi connectivity index (χ2n) is 6.66. The Hall–Kier alpha value is -3.16. The zero-order chi connectivity index (χ0) is 18.8. The van der Waals surface area contributed by atoms with E-state index in [2.05, 4.69) is 15.0 Å².